The second-order valence-corrected chi connectivity index (χ2v) is 5.02. The molecule has 0 atom stereocenters. The molecule has 0 bridgehead atoms. The molecule has 3 nitrogen and oxygen atoms in total. The molecule has 0 saturated carbocycles. The molecule has 0 aromatic heterocycles. The summed E-state index contributed by atoms with van der Waals surface area (Å²) in [6.45, 7) is 0.261. The summed E-state index contributed by atoms with van der Waals surface area (Å²) in [7, 11) is 0. The van der Waals surface area contributed by atoms with E-state index >= 15 is 0 Å². The van der Waals surface area contributed by atoms with Crippen molar-refractivity contribution in [3.05, 3.63) is 63.6 Å². The topological polar surface area (TPSA) is 46.5 Å². The minimum absolute atomic E-state index is 0.00335. The molecule has 2 aromatic rings. The van der Waals surface area contributed by atoms with Crippen LogP contribution in [0.2, 0.25) is 10.0 Å². The summed E-state index contributed by atoms with van der Waals surface area (Å²) < 4.78 is 5.60. The Morgan fingerprint density at radius 3 is 2.20 bits per heavy atom. The SMILES string of the molecule is O=C(O)Cc1ccc(OCc2c(Cl)cccc2Cl)cc1. The summed E-state index contributed by atoms with van der Waals surface area (Å²) in [6, 6.07) is 12.2. The first kappa shape index (κ1) is 14.7. The van der Waals surface area contributed by atoms with Gasteiger partial charge in [-0.1, -0.05) is 41.4 Å². The zero-order valence-corrected chi connectivity index (χ0v) is 12.0. The van der Waals surface area contributed by atoms with Crippen LogP contribution < -0.4 is 4.74 Å². The van der Waals surface area contributed by atoms with Gasteiger partial charge in [-0.15, -0.1) is 0 Å². The third-order valence-corrected chi connectivity index (χ3v) is 3.43. The van der Waals surface area contributed by atoms with E-state index < -0.39 is 5.97 Å². The molecular formula is C15H12Cl2O3. The predicted octanol–water partition coefficient (Wildman–Crippen LogP) is 4.20. The Balaban J connectivity index is 2.02. The Labute approximate surface area is 126 Å². The zero-order chi connectivity index (χ0) is 14.5. The lowest BCUT2D eigenvalue weighted by Crippen LogP contribution is -2.00. The van der Waals surface area contributed by atoms with Crippen LogP contribution in [0.1, 0.15) is 11.1 Å². The lowest BCUT2D eigenvalue weighted by atomic mass is 10.1. The number of ether oxygens (including phenoxy) is 1. The number of benzene rings is 2. The first-order valence-corrected chi connectivity index (χ1v) is 6.68. The number of carbonyl (C=O) groups is 1. The van der Waals surface area contributed by atoms with Crippen LogP contribution >= 0.6 is 23.2 Å². The second kappa shape index (κ2) is 6.64. The van der Waals surface area contributed by atoms with E-state index in [9.17, 15) is 4.79 Å². The number of rotatable bonds is 5. The number of aliphatic carboxylic acids is 1. The van der Waals surface area contributed by atoms with Crippen molar-refractivity contribution in [2.75, 3.05) is 0 Å². The molecule has 0 aliphatic heterocycles. The number of carboxylic acids is 1. The van der Waals surface area contributed by atoms with E-state index in [0.717, 1.165) is 11.1 Å². The average Bonchev–Trinajstić information content (AvgIpc) is 2.39. The highest BCUT2D eigenvalue weighted by Crippen LogP contribution is 2.25. The van der Waals surface area contributed by atoms with Crippen LogP contribution in [0.25, 0.3) is 0 Å². The molecule has 104 valence electrons. The van der Waals surface area contributed by atoms with Crippen molar-refractivity contribution in [1.82, 2.24) is 0 Å². The molecule has 0 heterocycles. The van der Waals surface area contributed by atoms with Gasteiger partial charge in [-0.05, 0) is 29.8 Å². The molecule has 0 amide bonds. The monoisotopic (exact) mass is 310 g/mol. The number of carboxylic acid groups (broad SMARTS) is 1. The Kier molecular flexibility index (Phi) is 4.88. The number of hydrogen-bond acceptors (Lipinski definition) is 2. The van der Waals surface area contributed by atoms with Crippen molar-refractivity contribution >= 4 is 29.2 Å². The maximum absolute atomic E-state index is 10.6. The molecule has 1 N–H and O–H groups in total. The zero-order valence-electron chi connectivity index (χ0n) is 10.5. The normalized spacial score (nSPS) is 10.3. The Morgan fingerprint density at radius 2 is 1.65 bits per heavy atom. The second-order valence-electron chi connectivity index (χ2n) is 4.20. The van der Waals surface area contributed by atoms with Crippen LogP contribution in [0.4, 0.5) is 0 Å². The molecule has 0 unspecified atom stereocenters. The fourth-order valence-electron chi connectivity index (χ4n) is 1.70. The predicted molar refractivity (Wildman–Crippen MR) is 78.6 cm³/mol. The minimum Gasteiger partial charge on any atom is -0.489 e. The standard InChI is InChI=1S/C15H12Cl2O3/c16-13-2-1-3-14(17)12(13)9-20-11-6-4-10(5-7-11)8-15(18)19/h1-7H,8-9H2,(H,18,19). The van der Waals surface area contributed by atoms with Gasteiger partial charge in [-0.3, -0.25) is 4.79 Å². The molecule has 2 rings (SSSR count). The van der Waals surface area contributed by atoms with Crippen molar-refractivity contribution in [2.45, 2.75) is 13.0 Å². The van der Waals surface area contributed by atoms with E-state index in [4.69, 9.17) is 33.0 Å². The van der Waals surface area contributed by atoms with Crippen LogP contribution in [0.5, 0.6) is 5.75 Å². The van der Waals surface area contributed by atoms with Gasteiger partial charge in [0.25, 0.3) is 0 Å². The molecule has 20 heavy (non-hydrogen) atoms. The van der Waals surface area contributed by atoms with Crippen molar-refractivity contribution in [2.24, 2.45) is 0 Å². The largest absolute Gasteiger partial charge is 0.489 e. The van der Waals surface area contributed by atoms with Gasteiger partial charge in [0.1, 0.15) is 12.4 Å². The van der Waals surface area contributed by atoms with Crippen LogP contribution in [-0.2, 0) is 17.8 Å². The van der Waals surface area contributed by atoms with Crippen molar-refractivity contribution < 1.29 is 14.6 Å². The number of halogens is 2. The summed E-state index contributed by atoms with van der Waals surface area (Å²) >= 11 is 12.1. The highest BCUT2D eigenvalue weighted by atomic mass is 35.5. The average molecular weight is 311 g/mol. The van der Waals surface area contributed by atoms with Crippen LogP contribution in [-0.4, -0.2) is 11.1 Å². The van der Waals surface area contributed by atoms with Gasteiger partial charge in [-0.25, -0.2) is 0 Å². The van der Waals surface area contributed by atoms with Gasteiger partial charge < -0.3 is 9.84 Å². The summed E-state index contributed by atoms with van der Waals surface area (Å²) in [5, 5.41) is 9.80. The van der Waals surface area contributed by atoms with Crippen LogP contribution in [0.15, 0.2) is 42.5 Å². The van der Waals surface area contributed by atoms with Gasteiger partial charge in [0.05, 0.1) is 6.42 Å². The molecule has 0 aliphatic carbocycles. The van der Waals surface area contributed by atoms with E-state index in [0.29, 0.717) is 15.8 Å². The van der Waals surface area contributed by atoms with Crippen molar-refractivity contribution in [3.63, 3.8) is 0 Å². The molecule has 2 aromatic carbocycles. The van der Waals surface area contributed by atoms with E-state index in [2.05, 4.69) is 0 Å². The molecule has 0 fully saturated rings. The highest BCUT2D eigenvalue weighted by Gasteiger charge is 2.06. The summed E-state index contributed by atoms with van der Waals surface area (Å²) in [4.78, 5) is 10.6. The van der Waals surface area contributed by atoms with E-state index in [1.165, 1.54) is 0 Å². The maximum Gasteiger partial charge on any atom is 0.307 e. The Morgan fingerprint density at radius 1 is 1.05 bits per heavy atom. The van der Waals surface area contributed by atoms with Crippen LogP contribution in [0, 0.1) is 0 Å². The molecule has 0 aliphatic rings. The quantitative estimate of drug-likeness (QED) is 0.900. The molecule has 5 heteroatoms. The van der Waals surface area contributed by atoms with E-state index in [1.807, 2.05) is 0 Å². The van der Waals surface area contributed by atoms with Gasteiger partial charge >= 0.3 is 5.97 Å². The van der Waals surface area contributed by atoms with E-state index in [1.54, 1.807) is 42.5 Å². The number of hydrogen-bond donors (Lipinski definition) is 1. The third-order valence-electron chi connectivity index (χ3n) is 2.72. The molecule has 0 radical (unpaired) electrons. The lowest BCUT2D eigenvalue weighted by molar-refractivity contribution is -0.136. The Hall–Kier alpha value is -1.71. The fraction of sp³-hybridized carbons (Fsp3) is 0.133. The van der Waals surface area contributed by atoms with Crippen molar-refractivity contribution in [1.29, 1.82) is 0 Å². The summed E-state index contributed by atoms with van der Waals surface area (Å²) in [5.74, 6) is -0.225. The highest BCUT2D eigenvalue weighted by molar-refractivity contribution is 6.35. The first-order valence-electron chi connectivity index (χ1n) is 5.92. The summed E-state index contributed by atoms with van der Waals surface area (Å²) in [6.07, 6.45) is -0.00335. The van der Waals surface area contributed by atoms with E-state index in [-0.39, 0.29) is 13.0 Å². The van der Waals surface area contributed by atoms with Crippen molar-refractivity contribution in [3.8, 4) is 5.75 Å². The minimum atomic E-state index is -0.860. The van der Waals surface area contributed by atoms with Gasteiger partial charge in [0, 0.05) is 15.6 Å². The van der Waals surface area contributed by atoms with Gasteiger partial charge in [-0.2, -0.15) is 0 Å². The lowest BCUT2D eigenvalue weighted by Gasteiger charge is -2.09. The van der Waals surface area contributed by atoms with Crippen LogP contribution in [0.3, 0.4) is 0 Å². The van der Waals surface area contributed by atoms with Gasteiger partial charge in [0.15, 0.2) is 0 Å². The maximum atomic E-state index is 10.6. The molecule has 0 spiro atoms. The first-order chi connectivity index (χ1) is 9.56. The smallest absolute Gasteiger partial charge is 0.307 e. The summed E-state index contributed by atoms with van der Waals surface area (Å²) in [5.41, 5.74) is 1.45. The Bertz CT molecular complexity index is 589. The molecular weight excluding hydrogens is 299 g/mol. The fourth-order valence-corrected chi connectivity index (χ4v) is 2.21. The third kappa shape index (κ3) is 3.89. The van der Waals surface area contributed by atoms with Gasteiger partial charge in [0.2, 0.25) is 0 Å². The molecule has 0 saturated heterocycles.